The number of ether oxygens (including phenoxy) is 1. The van der Waals surface area contributed by atoms with Gasteiger partial charge in [-0.25, -0.2) is 9.37 Å². The second-order valence-corrected chi connectivity index (χ2v) is 10.6. The molecule has 1 aliphatic carbocycles. The molecule has 2 aromatic rings. The molecule has 0 unspecified atom stereocenters. The van der Waals surface area contributed by atoms with Crippen molar-refractivity contribution in [3.05, 3.63) is 44.6 Å². The highest BCUT2D eigenvalue weighted by atomic mass is 32.1. The Morgan fingerprint density at radius 2 is 1.92 bits per heavy atom. The smallest absolute Gasteiger partial charge is 0.422 e. The van der Waals surface area contributed by atoms with E-state index in [4.69, 9.17) is 4.74 Å². The van der Waals surface area contributed by atoms with E-state index in [1.165, 1.54) is 24.5 Å². The number of rotatable bonds is 7. The Balaban J connectivity index is 1.18. The Hall–Kier alpha value is -2.47. The molecule has 1 amide bonds. The fourth-order valence-corrected chi connectivity index (χ4v) is 5.81. The molecular formula is C24H30F4N4O3S. The van der Waals surface area contributed by atoms with Crippen molar-refractivity contribution in [2.24, 2.45) is 13.0 Å². The lowest BCUT2D eigenvalue weighted by Gasteiger charge is -2.31. The molecule has 1 saturated carbocycles. The third-order valence-electron chi connectivity index (χ3n) is 6.96. The monoisotopic (exact) mass is 530 g/mol. The van der Waals surface area contributed by atoms with Crippen molar-refractivity contribution in [1.82, 2.24) is 19.8 Å². The molecule has 1 aliphatic heterocycles. The van der Waals surface area contributed by atoms with Crippen LogP contribution >= 0.6 is 11.3 Å². The summed E-state index contributed by atoms with van der Waals surface area (Å²) in [7, 11) is 1.38. The van der Waals surface area contributed by atoms with Crippen molar-refractivity contribution in [3.8, 4) is 5.19 Å². The minimum absolute atomic E-state index is 0.0305. The maximum Gasteiger partial charge on any atom is 0.422 e. The van der Waals surface area contributed by atoms with Gasteiger partial charge in [0.1, 0.15) is 5.69 Å². The molecule has 1 fully saturated rings. The van der Waals surface area contributed by atoms with E-state index in [0.29, 0.717) is 12.3 Å². The van der Waals surface area contributed by atoms with E-state index in [2.05, 4.69) is 15.2 Å². The average Bonchev–Trinajstić information content (AvgIpc) is 3.13. The molecule has 2 aromatic heterocycles. The van der Waals surface area contributed by atoms with E-state index >= 15 is 0 Å². The highest BCUT2D eigenvalue weighted by Gasteiger charge is 2.30. The quantitative estimate of drug-likeness (QED) is 0.553. The number of halogens is 4. The number of alkyl halides is 3. The van der Waals surface area contributed by atoms with Crippen molar-refractivity contribution in [3.63, 3.8) is 0 Å². The van der Waals surface area contributed by atoms with Crippen LogP contribution in [0.1, 0.15) is 53.2 Å². The van der Waals surface area contributed by atoms with Crippen LogP contribution in [0.25, 0.3) is 0 Å². The van der Waals surface area contributed by atoms with Gasteiger partial charge in [0.2, 0.25) is 0 Å². The van der Waals surface area contributed by atoms with Gasteiger partial charge in [-0.15, -0.1) is 0 Å². The molecule has 0 bridgehead atoms. The molecule has 7 nitrogen and oxygen atoms in total. The maximum absolute atomic E-state index is 13.4. The number of amides is 1. The van der Waals surface area contributed by atoms with E-state index in [1.54, 1.807) is 0 Å². The molecule has 0 atom stereocenters. The van der Waals surface area contributed by atoms with E-state index in [-0.39, 0.29) is 22.8 Å². The van der Waals surface area contributed by atoms with Crippen molar-refractivity contribution in [2.45, 2.75) is 57.2 Å². The standard InChI is InChI=1S/C24H30F4N4O3S/c1-31-19(7-6-17(25)22(31)34)21(33)29-16-4-2-15(3-5-16)8-11-32-12-9-18-20(10-13-32)36-23(30-18)35-14-24(26,27)28/h6-7,15-16H,2-5,8-14H2,1H3,(H,29,33)/t15-,16-. The topological polar surface area (TPSA) is 76.5 Å². The molecule has 0 spiro atoms. The van der Waals surface area contributed by atoms with E-state index in [1.807, 2.05) is 0 Å². The minimum Gasteiger partial charge on any atom is -0.460 e. The Morgan fingerprint density at radius 3 is 2.64 bits per heavy atom. The highest BCUT2D eigenvalue weighted by Crippen LogP contribution is 2.31. The van der Waals surface area contributed by atoms with Crippen LogP contribution in [0.5, 0.6) is 5.19 Å². The Kier molecular flexibility index (Phi) is 8.34. The summed E-state index contributed by atoms with van der Waals surface area (Å²) in [5.41, 5.74) is 0.169. The van der Waals surface area contributed by atoms with Crippen LogP contribution < -0.4 is 15.6 Å². The number of fused-ring (bicyclic) bond motifs is 1. The van der Waals surface area contributed by atoms with Crippen LogP contribution in [0, 0.1) is 11.7 Å². The third-order valence-corrected chi connectivity index (χ3v) is 8.03. The number of thiazole rings is 1. The summed E-state index contributed by atoms with van der Waals surface area (Å²) < 4.78 is 56.3. The van der Waals surface area contributed by atoms with Crippen molar-refractivity contribution in [1.29, 1.82) is 0 Å². The molecule has 0 aromatic carbocycles. The summed E-state index contributed by atoms with van der Waals surface area (Å²) >= 11 is 1.21. The number of hydrogen-bond donors (Lipinski definition) is 1. The van der Waals surface area contributed by atoms with Gasteiger partial charge in [0.05, 0.1) is 5.69 Å². The van der Waals surface area contributed by atoms with Gasteiger partial charge >= 0.3 is 6.18 Å². The number of nitrogens with one attached hydrogen (secondary N) is 1. The average molecular weight is 531 g/mol. The molecule has 3 heterocycles. The number of pyridine rings is 1. The summed E-state index contributed by atoms with van der Waals surface area (Å²) in [4.78, 5) is 31.9. The fourth-order valence-electron chi connectivity index (χ4n) is 4.87. The summed E-state index contributed by atoms with van der Waals surface area (Å²) in [6.45, 7) is 1.29. The molecule has 0 radical (unpaired) electrons. The van der Waals surface area contributed by atoms with E-state index in [0.717, 1.165) is 79.4 Å². The largest absolute Gasteiger partial charge is 0.460 e. The van der Waals surface area contributed by atoms with Gasteiger partial charge < -0.3 is 19.5 Å². The van der Waals surface area contributed by atoms with Crippen LogP contribution in [-0.2, 0) is 19.9 Å². The zero-order chi connectivity index (χ0) is 25.9. The summed E-state index contributed by atoms with van der Waals surface area (Å²) in [6, 6.07) is 2.37. The van der Waals surface area contributed by atoms with Crippen molar-refractivity contribution >= 4 is 17.2 Å². The molecule has 4 rings (SSSR count). The van der Waals surface area contributed by atoms with Gasteiger partial charge in [-0.1, -0.05) is 11.3 Å². The Labute approximate surface area is 210 Å². The van der Waals surface area contributed by atoms with Crippen LogP contribution in [-0.4, -0.2) is 58.8 Å². The predicted molar refractivity (Wildman–Crippen MR) is 127 cm³/mol. The van der Waals surface area contributed by atoms with Gasteiger partial charge in [0.15, 0.2) is 12.4 Å². The molecule has 1 N–H and O–H groups in total. The zero-order valence-electron chi connectivity index (χ0n) is 20.1. The van der Waals surface area contributed by atoms with Crippen molar-refractivity contribution < 1.29 is 27.1 Å². The lowest BCUT2D eigenvalue weighted by atomic mass is 9.84. The SMILES string of the molecule is Cn1c(C(=O)N[C@H]2CC[C@H](CCN3CCc4nc(OCC(F)(F)F)sc4CC3)CC2)ccc(F)c1=O. The molecule has 36 heavy (non-hydrogen) atoms. The van der Waals surface area contributed by atoms with Crippen LogP contribution in [0.15, 0.2) is 16.9 Å². The first kappa shape index (κ1) is 26.6. The molecule has 2 aliphatic rings. The zero-order valence-corrected chi connectivity index (χ0v) is 20.9. The molecule has 198 valence electrons. The normalized spacial score (nSPS) is 21.0. The first-order chi connectivity index (χ1) is 17.1. The molecule has 12 heteroatoms. The van der Waals surface area contributed by atoms with Crippen LogP contribution in [0.4, 0.5) is 17.6 Å². The number of nitrogens with zero attached hydrogens (tertiary/aromatic N) is 3. The summed E-state index contributed by atoms with van der Waals surface area (Å²) in [5.74, 6) is -0.688. The van der Waals surface area contributed by atoms with Gasteiger partial charge in [-0.3, -0.25) is 9.59 Å². The first-order valence-electron chi connectivity index (χ1n) is 12.2. The third kappa shape index (κ3) is 6.84. The fraction of sp³-hybridized carbons (Fsp3) is 0.625. The number of carbonyl (C=O) groups is 1. The Morgan fingerprint density at radius 1 is 1.19 bits per heavy atom. The van der Waals surface area contributed by atoms with E-state index in [9.17, 15) is 27.2 Å². The maximum atomic E-state index is 13.4. The highest BCUT2D eigenvalue weighted by molar-refractivity contribution is 7.13. The number of hydrogen-bond acceptors (Lipinski definition) is 6. The Bertz CT molecular complexity index is 1100. The van der Waals surface area contributed by atoms with Gasteiger partial charge in [-0.05, 0) is 63.1 Å². The lowest BCUT2D eigenvalue weighted by molar-refractivity contribution is -0.153. The first-order valence-corrected chi connectivity index (χ1v) is 13.0. The minimum atomic E-state index is -4.37. The van der Waals surface area contributed by atoms with Gasteiger partial charge in [0.25, 0.3) is 16.7 Å². The van der Waals surface area contributed by atoms with Crippen molar-refractivity contribution in [2.75, 3.05) is 26.2 Å². The summed E-state index contributed by atoms with van der Waals surface area (Å²) in [6.07, 6.45) is 1.84. The second kappa shape index (κ2) is 11.3. The van der Waals surface area contributed by atoms with Crippen LogP contribution in [0.2, 0.25) is 0 Å². The van der Waals surface area contributed by atoms with E-state index < -0.39 is 24.2 Å². The lowest BCUT2D eigenvalue weighted by Crippen LogP contribution is -2.40. The second-order valence-electron chi connectivity index (χ2n) is 9.51. The van der Waals surface area contributed by atoms with Gasteiger partial charge in [0, 0.05) is 37.5 Å². The number of aromatic nitrogens is 2. The van der Waals surface area contributed by atoms with Crippen LogP contribution in [0.3, 0.4) is 0 Å². The predicted octanol–water partition coefficient (Wildman–Crippen LogP) is 3.70. The summed E-state index contributed by atoms with van der Waals surface area (Å²) in [5, 5.41) is 3.07. The number of carbonyl (C=O) groups excluding carboxylic acids is 1. The molecular weight excluding hydrogens is 500 g/mol. The van der Waals surface area contributed by atoms with Gasteiger partial charge in [-0.2, -0.15) is 13.2 Å². The molecule has 0 saturated heterocycles.